The molecule has 2 amide bonds. The highest BCUT2D eigenvalue weighted by Gasteiger charge is 2.23. The molecule has 5 nitrogen and oxygen atoms in total. The Balaban J connectivity index is 1.95. The van der Waals surface area contributed by atoms with E-state index in [2.05, 4.69) is 17.4 Å². The normalized spacial score (nSPS) is 15.5. The number of benzene rings is 1. The lowest BCUT2D eigenvalue weighted by molar-refractivity contribution is -0.129. The summed E-state index contributed by atoms with van der Waals surface area (Å²) in [5, 5.41) is 3.80. The van der Waals surface area contributed by atoms with Crippen LogP contribution >= 0.6 is 11.6 Å². The Morgan fingerprint density at radius 3 is 2.67 bits per heavy atom. The highest BCUT2D eigenvalue weighted by atomic mass is 35.5. The molecule has 0 atom stereocenters. The Bertz CT molecular complexity index is 584. The number of primary amides is 1. The van der Waals surface area contributed by atoms with Crippen LogP contribution in [0.2, 0.25) is 5.02 Å². The molecule has 6 heteroatoms. The zero-order valence-corrected chi connectivity index (χ0v) is 14.9. The van der Waals surface area contributed by atoms with E-state index in [9.17, 15) is 9.59 Å². The van der Waals surface area contributed by atoms with E-state index in [-0.39, 0.29) is 18.4 Å². The molecular formula is C18H26ClN3O2. The van der Waals surface area contributed by atoms with Crippen LogP contribution in [0.4, 0.5) is 0 Å². The van der Waals surface area contributed by atoms with Gasteiger partial charge in [-0.3, -0.25) is 9.59 Å². The summed E-state index contributed by atoms with van der Waals surface area (Å²) in [5.74, 6) is 0.271. The molecule has 24 heavy (non-hydrogen) atoms. The van der Waals surface area contributed by atoms with Gasteiger partial charge in [-0.25, -0.2) is 0 Å². The number of hydrogen-bond donors (Lipinski definition) is 2. The number of carbonyl (C=O) groups is 2. The van der Waals surface area contributed by atoms with Gasteiger partial charge in [0.15, 0.2) is 0 Å². The first kappa shape index (κ1) is 18.7. The second-order valence-corrected chi connectivity index (χ2v) is 6.81. The number of hydrogen-bond acceptors (Lipinski definition) is 3. The second kappa shape index (κ2) is 9.04. The molecule has 1 aromatic carbocycles. The van der Waals surface area contributed by atoms with Crippen molar-refractivity contribution in [3.8, 4) is 0 Å². The van der Waals surface area contributed by atoms with Gasteiger partial charge in [0.05, 0.1) is 6.54 Å². The predicted molar refractivity (Wildman–Crippen MR) is 96.1 cm³/mol. The maximum atomic E-state index is 11.5. The molecule has 0 spiro atoms. The van der Waals surface area contributed by atoms with Crippen molar-refractivity contribution >= 4 is 23.4 Å². The van der Waals surface area contributed by atoms with Gasteiger partial charge in [-0.1, -0.05) is 17.7 Å². The molecule has 1 saturated heterocycles. The topological polar surface area (TPSA) is 75.4 Å². The molecular weight excluding hydrogens is 326 g/mol. The summed E-state index contributed by atoms with van der Waals surface area (Å²) in [6, 6.07) is 6.10. The van der Waals surface area contributed by atoms with Gasteiger partial charge >= 0.3 is 0 Å². The van der Waals surface area contributed by atoms with Crippen LogP contribution in [-0.2, 0) is 16.0 Å². The Labute approximate surface area is 148 Å². The molecule has 0 radical (unpaired) electrons. The fourth-order valence-corrected chi connectivity index (χ4v) is 3.47. The number of piperidine rings is 1. The highest BCUT2D eigenvalue weighted by Crippen LogP contribution is 2.32. The summed E-state index contributed by atoms with van der Waals surface area (Å²) >= 11 is 6.21. The largest absolute Gasteiger partial charge is 0.369 e. The van der Waals surface area contributed by atoms with Crippen molar-refractivity contribution in [2.75, 3.05) is 26.2 Å². The SMILES string of the molecule is CC(=O)N1CCC(c2cc(Cl)ccc2CCCNCC(N)=O)CC1. The van der Waals surface area contributed by atoms with Crippen LogP contribution < -0.4 is 11.1 Å². The number of nitrogens with one attached hydrogen (secondary N) is 1. The second-order valence-electron chi connectivity index (χ2n) is 6.37. The van der Waals surface area contributed by atoms with Crippen LogP contribution in [0.25, 0.3) is 0 Å². The van der Waals surface area contributed by atoms with E-state index in [0.29, 0.717) is 5.92 Å². The Morgan fingerprint density at radius 1 is 1.33 bits per heavy atom. The Hall–Kier alpha value is -1.59. The van der Waals surface area contributed by atoms with Crippen LogP contribution in [0.15, 0.2) is 18.2 Å². The van der Waals surface area contributed by atoms with Crippen LogP contribution in [0, 0.1) is 0 Å². The fraction of sp³-hybridized carbons (Fsp3) is 0.556. The standard InChI is InChI=1S/C18H26ClN3O2/c1-13(23)22-9-6-15(7-10-22)17-11-16(19)5-4-14(17)3-2-8-21-12-18(20)24/h4-5,11,15,21H,2-3,6-10,12H2,1H3,(H2,20,24). The minimum absolute atomic E-state index is 0.153. The lowest BCUT2D eigenvalue weighted by Gasteiger charge is -2.32. The monoisotopic (exact) mass is 351 g/mol. The van der Waals surface area contributed by atoms with E-state index < -0.39 is 0 Å². The fourth-order valence-electron chi connectivity index (χ4n) is 3.29. The number of rotatable bonds is 7. The van der Waals surface area contributed by atoms with Gasteiger partial charge < -0.3 is 16.0 Å². The molecule has 0 saturated carbocycles. The molecule has 0 aliphatic carbocycles. The summed E-state index contributed by atoms with van der Waals surface area (Å²) in [7, 11) is 0. The first-order valence-electron chi connectivity index (χ1n) is 8.50. The molecule has 0 unspecified atom stereocenters. The zero-order valence-electron chi connectivity index (χ0n) is 14.2. The molecule has 1 heterocycles. The third kappa shape index (κ3) is 5.49. The van der Waals surface area contributed by atoms with Crippen LogP contribution in [-0.4, -0.2) is 42.9 Å². The predicted octanol–water partition coefficient (Wildman–Crippen LogP) is 2.07. The van der Waals surface area contributed by atoms with Crippen molar-refractivity contribution in [2.24, 2.45) is 5.73 Å². The number of halogens is 1. The molecule has 1 fully saturated rings. The van der Waals surface area contributed by atoms with E-state index in [1.165, 1.54) is 11.1 Å². The van der Waals surface area contributed by atoms with E-state index >= 15 is 0 Å². The summed E-state index contributed by atoms with van der Waals surface area (Å²) < 4.78 is 0. The molecule has 1 aliphatic heterocycles. The minimum atomic E-state index is -0.334. The summed E-state index contributed by atoms with van der Waals surface area (Å²) in [6.45, 7) is 4.23. The minimum Gasteiger partial charge on any atom is -0.369 e. The quantitative estimate of drug-likeness (QED) is 0.738. The average molecular weight is 352 g/mol. The van der Waals surface area contributed by atoms with Gasteiger partial charge in [0.25, 0.3) is 0 Å². The van der Waals surface area contributed by atoms with Gasteiger partial charge in [0.1, 0.15) is 0 Å². The maximum absolute atomic E-state index is 11.5. The van der Waals surface area contributed by atoms with Gasteiger partial charge in [-0.2, -0.15) is 0 Å². The summed E-state index contributed by atoms with van der Waals surface area (Å²) in [5.41, 5.74) is 7.73. The Morgan fingerprint density at radius 2 is 2.04 bits per heavy atom. The van der Waals surface area contributed by atoms with Gasteiger partial charge in [-0.15, -0.1) is 0 Å². The third-order valence-corrected chi connectivity index (χ3v) is 4.82. The lowest BCUT2D eigenvalue weighted by Crippen LogP contribution is -2.36. The Kier molecular flexibility index (Phi) is 7.06. The van der Waals surface area contributed by atoms with Crippen molar-refractivity contribution < 1.29 is 9.59 Å². The van der Waals surface area contributed by atoms with Crippen molar-refractivity contribution in [2.45, 2.75) is 38.5 Å². The first-order chi connectivity index (χ1) is 11.5. The maximum Gasteiger partial charge on any atom is 0.231 e. The molecule has 0 bridgehead atoms. The summed E-state index contributed by atoms with van der Waals surface area (Å²) in [6.07, 6.45) is 3.83. The van der Waals surface area contributed by atoms with Crippen LogP contribution in [0.1, 0.15) is 43.2 Å². The number of aryl methyl sites for hydroxylation is 1. The third-order valence-electron chi connectivity index (χ3n) is 4.59. The van der Waals surface area contributed by atoms with E-state index in [1.54, 1.807) is 6.92 Å². The first-order valence-corrected chi connectivity index (χ1v) is 8.88. The van der Waals surface area contributed by atoms with Gasteiger partial charge in [-0.05, 0) is 61.4 Å². The molecule has 1 aliphatic rings. The number of nitrogens with zero attached hydrogens (tertiary/aromatic N) is 1. The van der Waals surface area contributed by atoms with Crippen LogP contribution in [0.5, 0.6) is 0 Å². The number of nitrogens with two attached hydrogens (primary N) is 1. The molecule has 2 rings (SSSR count). The van der Waals surface area contributed by atoms with E-state index in [4.69, 9.17) is 17.3 Å². The summed E-state index contributed by atoms with van der Waals surface area (Å²) in [4.78, 5) is 24.1. The van der Waals surface area contributed by atoms with E-state index in [1.807, 2.05) is 11.0 Å². The lowest BCUT2D eigenvalue weighted by atomic mass is 9.85. The molecule has 1 aromatic rings. The molecule has 3 N–H and O–H groups in total. The van der Waals surface area contributed by atoms with Gasteiger partial charge in [0, 0.05) is 25.0 Å². The number of amides is 2. The average Bonchev–Trinajstić information content (AvgIpc) is 2.55. The highest BCUT2D eigenvalue weighted by molar-refractivity contribution is 6.30. The van der Waals surface area contributed by atoms with Crippen molar-refractivity contribution in [1.29, 1.82) is 0 Å². The van der Waals surface area contributed by atoms with Crippen molar-refractivity contribution in [3.63, 3.8) is 0 Å². The molecule has 132 valence electrons. The molecule has 0 aromatic heterocycles. The van der Waals surface area contributed by atoms with Gasteiger partial charge in [0.2, 0.25) is 11.8 Å². The number of likely N-dealkylation sites (tertiary alicyclic amines) is 1. The van der Waals surface area contributed by atoms with Crippen molar-refractivity contribution in [1.82, 2.24) is 10.2 Å². The zero-order chi connectivity index (χ0) is 17.5. The smallest absolute Gasteiger partial charge is 0.231 e. The van der Waals surface area contributed by atoms with Crippen molar-refractivity contribution in [3.05, 3.63) is 34.3 Å². The van der Waals surface area contributed by atoms with E-state index in [0.717, 1.165) is 50.3 Å². The van der Waals surface area contributed by atoms with Crippen LogP contribution in [0.3, 0.4) is 0 Å². The number of carbonyl (C=O) groups excluding carboxylic acids is 2.